The maximum atomic E-state index is 12.1. The maximum Gasteiger partial charge on any atom is 0.227 e. The average Bonchev–Trinajstić information content (AvgIpc) is 3.09. The van der Waals surface area contributed by atoms with Gasteiger partial charge in [0.25, 0.3) is 0 Å². The summed E-state index contributed by atoms with van der Waals surface area (Å²) in [6.07, 6.45) is 2.54. The van der Waals surface area contributed by atoms with Crippen LogP contribution in [0, 0.1) is 12.8 Å². The Kier molecular flexibility index (Phi) is 6.68. The number of hydrogen-bond acceptors (Lipinski definition) is 2. The summed E-state index contributed by atoms with van der Waals surface area (Å²) >= 11 is 5.60. The predicted molar refractivity (Wildman–Crippen MR) is 121 cm³/mol. The molecule has 0 unspecified atom stereocenters. The zero-order valence-electron chi connectivity index (χ0n) is 16.9. The largest absolute Gasteiger partial charge is 0.356 e. The molecule has 1 amide bonds. The van der Waals surface area contributed by atoms with Crippen molar-refractivity contribution in [2.45, 2.75) is 46.1 Å². The molecule has 0 radical (unpaired) electrons. The highest BCUT2D eigenvalue weighted by Gasteiger charge is 2.23. The first-order valence-electron chi connectivity index (χ1n) is 9.97. The lowest BCUT2D eigenvalue weighted by atomic mass is 9.97. The summed E-state index contributed by atoms with van der Waals surface area (Å²) in [4.78, 5) is 14.0. The molecule has 1 aliphatic heterocycles. The second-order valence-corrected chi connectivity index (χ2v) is 8.25. The Labute approximate surface area is 173 Å². The predicted octanol–water partition coefficient (Wildman–Crippen LogP) is 5.20. The van der Waals surface area contributed by atoms with Gasteiger partial charge in [0, 0.05) is 24.3 Å². The van der Waals surface area contributed by atoms with E-state index < -0.39 is 0 Å². The van der Waals surface area contributed by atoms with Crippen LogP contribution in [-0.4, -0.2) is 17.6 Å². The van der Waals surface area contributed by atoms with Crippen LogP contribution in [0.1, 0.15) is 50.3 Å². The van der Waals surface area contributed by atoms with Crippen molar-refractivity contribution in [3.63, 3.8) is 0 Å². The molecule has 0 aromatic heterocycles. The molecule has 1 heterocycles. The van der Waals surface area contributed by atoms with E-state index in [2.05, 4.69) is 48.7 Å². The van der Waals surface area contributed by atoms with Crippen LogP contribution in [-0.2, 0) is 4.79 Å². The molecule has 5 heteroatoms. The molecule has 2 aromatic rings. The summed E-state index contributed by atoms with van der Waals surface area (Å²) in [7, 11) is 0. The molecule has 4 nitrogen and oxygen atoms in total. The summed E-state index contributed by atoms with van der Waals surface area (Å²) in [5, 5.41) is 7.36. The van der Waals surface area contributed by atoms with Crippen LogP contribution in [0.5, 0.6) is 0 Å². The van der Waals surface area contributed by atoms with Crippen molar-refractivity contribution < 1.29 is 4.79 Å². The summed E-state index contributed by atoms with van der Waals surface area (Å²) in [5.74, 6) is 0.745. The minimum atomic E-state index is 0.159. The molecule has 2 aromatic carbocycles. The minimum absolute atomic E-state index is 0.159. The Morgan fingerprint density at radius 2 is 1.93 bits per heavy atom. The molecular formula is C23H29N3OS. The molecule has 0 aliphatic carbocycles. The lowest BCUT2D eigenvalue weighted by Gasteiger charge is -2.24. The molecule has 148 valence electrons. The van der Waals surface area contributed by atoms with Gasteiger partial charge in [0.2, 0.25) is 5.91 Å². The van der Waals surface area contributed by atoms with Crippen molar-refractivity contribution in [3.05, 3.63) is 59.7 Å². The Morgan fingerprint density at radius 3 is 2.57 bits per heavy atom. The number of nitrogens with one attached hydrogen (secondary N) is 2. The highest BCUT2D eigenvalue weighted by molar-refractivity contribution is 7.80. The smallest absolute Gasteiger partial charge is 0.227 e. The molecule has 1 aliphatic rings. The van der Waals surface area contributed by atoms with E-state index in [1.54, 1.807) is 0 Å². The van der Waals surface area contributed by atoms with Crippen LogP contribution >= 0.6 is 12.2 Å². The lowest BCUT2D eigenvalue weighted by molar-refractivity contribution is -0.117. The second kappa shape index (κ2) is 9.20. The molecule has 28 heavy (non-hydrogen) atoms. The molecule has 0 saturated carbocycles. The zero-order chi connectivity index (χ0) is 20.1. The normalized spacial score (nSPS) is 15.0. The van der Waals surface area contributed by atoms with Crippen molar-refractivity contribution in [1.82, 2.24) is 5.32 Å². The number of nitrogens with zero attached hydrogens (tertiary/aromatic N) is 1. The topological polar surface area (TPSA) is 44.4 Å². The Balaban J connectivity index is 1.72. The summed E-state index contributed by atoms with van der Waals surface area (Å²) in [6, 6.07) is 16.6. The zero-order valence-corrected chi connectivity index (χ0v) is 17.7. The highest BCUT2D eigenvalue weighted by atomic mass is 32.1. The minimum Gasteiger partial charge on any atom is -0.356 e. The Bertz CT molecular complexity index is 835. The van der Waals surface area contributed by atoms with E-state index in [9.17, 15) is 4.79 Å². The van der Waals surface area contributed by atoms with E-state index in [4.69, 9.17) is 12.2 Å². The number of hydrogen-bond donors (Lipinski definition) is 2. The average molecular weight is 396 g/mol. The van der Waals surface area contributed by atoms with E-state index in [0.717, 1.165) is 36.3 Å². The monoisotopic (exact) mass is 395 g/mol. The van der Waals surface area contributed by atoms with Crippen LogP contribution in [0.2, 0.25) is 0 Å². The standard InChI is InChI=1S/C23H29N3OS/c1-16(2)14-20(18-8-5-4-6-9-18)25-23(28)24-19-12-11-17(3)21(15-19)26-13-7-10-22(26)27/h4-6,8-9,11-12,15-16,20H,7,10,13-14H2,1-3H3,(H2,24,25,28)/t20-/m1/s1. The first-order chi connectivity index (χ1) is 13.4. The first-order valence-corrected chi connectivity index (χ1v) is 10.4. The van der Waals surface area contributed by atoms with E-state index in [1.807, 2.05) is 36.1 Å². The van der Waals surface area contributed by atoms with E-state index in [0.29, 0.717) is 17.5 Å². The number of carbonyl (C=O) groups excluding carboxylic acids is 1. The van der Waals surface area contributed by atoms with Crippen LogP contribution in [0.15, 0.2) is 48.5 Å². The second-order valence-electron chi connectivity index (χ2n) is 7.84. The third-order valence-electron chi connectivity index (χ3n) is 5.05. The van der Waals surface area contributed by atoms with Gasteiger partial charge in [-0.3, -0.25) is 4.79 Å². The fourth-order valence-corrected chi connectivity index (χ4v) is 3.90. The van der Waals surface area contributed by atoms with Gasteiger partial charge >= 0.3 is 0 Å². The lowest BCUT2D eigenvalue weighted by Crippen LogP contribution is -2.33. The number of anilines is 2. The fourth-order valence-electron chi connectivity index (χ4n) is 3.64. The number of carbonyl (C=O) groups is 1. The Hall–Kier alpha value is -2.40. The van der Waals surface area contributed by atoms with Gasteiger partial charge in [-0.25, -0.2) is 0 Å². The third-order valence-corrected chi connectivity index (χ3v) is 5.27. The number of amides is 1. The molecule has 3 rings (SSSR count). The Morgan fingerprint density at radius 1 is 1.18 bits per heavy atom. The maximum absolute atomic E-state index is 12.1. The SMILES string of the molecule is Cc1ccc(NC(=S)N[C@H](CC(C)C)c2ccccc2)cc1N1CCCC1=O. The number of rotatable bonds is 6. The van der Waals surface area contributed by atoms with Crippen molar-refractivity contribution in [2.75, 3.05) is 16.8 Å². The van der Waals surface area contributed by atoms with Gasteiger partial charge in [0.05, 0.1) is 6.04 Å². The molecule has 1 fully saturated rings. The van der Waals surface area contributed by atoms with Crippen LogP contribution in [0.4, 0.5) is 11.4 Å². The van der Waals surface area contributed by atoms with Gasteiger partial charge in [-0.05, 0) is 61.2 Å². The number of thiocarbonyl (C=S) groups is 1. The van der Waals surface area contributed by atoms with Crippen LogP contribution < -0.4 is 15.5 Å². The van der Waals surface area contributed by atoms with Gasteiger partial charge in [-0.1, -0.05) is 50.2 Å². The molecule has 0 bridgehead atoms. The quantitative estimate of drug-likeness (QED) is 0.660. The fraction of sp³-hybridized carbons (Fsp3) is 0.391. The van der Waals surface area contributed by atoms with Crippen molar-refractivity contribution in [2.24, 2.45) is 5.92 Å². The van der Waals surface area contributed by atoms with Crippen LogP contribution in [0.25, 0.3) is 0 Å². The summed E-state index contributed by atoms with van der Waals surface area (Å²) in [6.45, 7) is 7.26. The van der Waals surface area contributed by atoms with Crippen molar-refractivity contribution in [1.29, 1.82) is 0 Å². The van der Waals surface area contributed by atoms with Crippen molar-refractivity contribution in [3.8, 4) is 0 Å². The molecule has 0 spiro atoms. The molecule has 1 atom stereocenters. The van der Waals surface area contributed by atoms with Gasteiger partial charge in [-0.2, -0.15) is 0 Å². The summed E-state index contributed by atoms with van der Waals surface area (Å²) < 4.78 is 0. The van der Waals surface area contributed by atoms with Crippen LogP contribution in [0.3, 0.4) is 0 Å². The molecular weight excluding hydrogens is 366 g/mol. The van der Waals surface area contributed by atoms with Gasteiger partial charge in [-0.15, -0.1) is 0 Å². The van der Waals surface area contributed by atoms with E-state index in [-0.39, 0.29) is 11.9 Å². The van der Waals surface area contributed by atoms with Gasteiger partial charge < -0.3 is 15.5 Å². The van der Waals surface area contributed by atoms with Gasteiger partial charge in [0.1, 0.15) is 0 Å². The first kappa shape index (κ1) is 20.3. The van der Waals surface area contributed by atoms with Crippen molar-refractivity contribution >= 4 is 34.6 Å². The molecule has 1 saturated heterocycles. The van der Waals surface area contributed by atoms with E-state index in [1.165, 1.54) is 5.56 Å². The summed E-state index contributed by atoms with van der Waals surface area (Å²) in [5.41, 5.74) is 4.19. The van der Waals surface area contributed by atoms with Gasteiger partial charge in [0.15, 0.2) is 5.11 Å². The highest BCUT2D eigenvalue weighted by Crippen LogP contribution is 2.28. The molecule has 2 N–H and O–H groups in total. The third kappa shape index (κ3) is 5.10. The number of aryl methyl sites for hydroxylation is 1. The number of benzene rings is 2. The van der Waals surface area contributed by atoms with E-state index >= 15 is 0 Å².